The highest BCUT2D eigenvalue weighted by Gasteiger charge is 2.60. The van der Waals surface area contributed by atoms with Crippen molar-refractivity contribution < 1.29 is 19.2 Å². The number of para-hydroxylation sites is 1. The summed E-state index contributed by atoms with van der Waals surface area (Å²) in [7, 11) is 0. The summed E-state index contributed by atoms with van der Waals surface area (Å²) in [5, 5.41) is 1.73. The predicted molar refractivity (Wildman–Crippen MR) is 126 cm³/mol. The molecule has 3 atom stereocenters. The van der Waals surface area contributed by atoms with E-state index in [-0.39, 0.29) is 11.8 Å². The second kappa shape index (κ2) is 8.37. The molecule has 0 radical (unpaired) electrons. The van der Waals surface area contributed by atoms with Gasteiger partial charge in [-0.15, -0.1) is 0 Å². The predicted octanol–water partition coefficient (Wildman–Crippen LogP) is 4.75. The van der Waals surface area contributed by atoms with Crippen LogP contribution in [0.2, 0.25) is 0 Å². The molecule has 2 aliphatic rings. The summed E-state index contributed by atoms with van der Waals surface area (Å²) in [6.07, 6.45) is -0.880. The highest BCUT2D eigenvalue weighted by Crippen LogP contribution is 2.48. The molecule has 33 heavy (non-hydrogen) atoms. The lowest BCUT2D eigenvalue weighted by atomic mass is 9.87. The Bertz CT molecular complexity index is 1190. The number of nitrogens with zero attached hydrogens (tertiary/aromatic N) is 2. The number of carbonyl (C=O) groups is 2. The van der Waals surface area contributed by atoms with Gasteiger partial charge in [0.15, 0.2) is 6.10 Å². The smallest absolute Gasteiger partial charge is 0.266 e. The third-order valence-corrected chi connectivity index (χ3v) is 6.28. The molecule has 5 rings (SSSR count). The van der Waals surface area contributed by atoms with Gasteiger partial charge >= 0.3 is 0 Å². The summed E-state index contributed by atoms with van der Waals surface area (Å²) in [5.41, 5.74) is 4.52. The zero-order chi connectivity index (χ0) is 23.1. The van der Waals surface area contributed by atoms with Gasteiger partial charge in [0.25, 0.3) is 5.91 Å². The van der Waals surface area contributed by atoms with Crippen LogP contribution in [0.4, 0.5) is 11.4 Å². The number of ether oxygens (including phenoxy) is 1. The van der Waals surface area contributed by atoms with Crippen LogP contribution in [0.3, 0.4) is 0 Å². The molecule has 2 fully saturated rings. The molecule has 2 saturated heterocycles. The van der Waals surface area contributed by atoms with Gasteiger partial charge in [-0.25, -0.2) is 9.96 Å². The van der Waals surface area contributed by atoms with Gasteiger partial charge in [-0.05, 0) is 68.3 Å². The fourth-order valence-electron chi connectivity index (χ4n) is 4.80. The number of imide groups is 1. The summed E-state index contributed by atoms with van der Waals surface area (Å²) in [4.78, 5) is 34.6. The first-order valence-electron chi connectivity index (χ1n) is 11.2. The van der Waals surface area contributed by atoms with E-state index in [0.29, 0.717) is 18.0 Å². The van der Waals surface area contributed by atoms with E-state index >= 15 is 0 Å². The molecular formula is C27H26N2O4. The molecule has 0 aliphatic carbocycles. The summed E-state index contributed by atoms with van der Waals surface area (Å²) >= 11 is 0. The van der Waals surface area contributed by atoms with Crippen LogP contribution in [0, 0.1) is 19.8 Å². The Balaban J connectivity index is 1.55. The van der Waals surface area contributed by atoms with Gasteiger partial charge in [-0.2, -0.15) is 0 Å². The number of carbonyl (C=O) groups excluding carboxylic acids is 2. The third kappa shape index (κ3) is 3.56. The molecule has 0 saturated carbocycles. The first-order valence-corrected chi connectivity index (χ1v) is 11.2. The van der Waals surface area contributed by atoms with Crippen molar-refractivity contribution in [3.8, 4) is 5.75 Å². The number of hydrogen-bond donors (Lipinski definition) is 0. The van der Waals surface area contributed by atoms with Crippen LogP contribution in [0.15, 0.2) is 72.8 Å². The molecule has 0 spiro atoms. The Morgan fingerprint density at radius 1 is 0.879 bits per heavy atom. The molecule has 2 amide bonds. The molecule has 0 N–H and O–H groups in total. The van der Waals surface area contributed by atoms with E-state index in [1.807, 2.05) is 63.2 Å². The largest absolute Gasteiger partial charge is 0.494 e. The second-order valence-corrected chi connectivity index (χ2v) is 8.46. The Morgan fingerprint density at radius 2 is 1.61 bits per heavy atom. The molecular weight excluding hydrogens is 416 g/mol. The second-order valence-electron chi connectivity index (χ2n) is 8.46. The minimum Gasteiger partial charge on any atom is -0.494 e. The Morgan fingerprint density at radius 3 is 2.27 bits per heavy atom. The van der Waals surface area contributed by atoms with Crippen LogP contribution < -0.4 is 14.7 Å². The molecule has 3 aromatic rings. The molecule has 0 bridgehead atoms. The monoisotopic (exact) mass is 442 g/mol. The fourth-order valence-corrected chi connectivity index (χ4v) is 4.80. The number of hydroxylamine groups is 1. The number of amides is 2. The first-order chi connectivity index (χ1) is 16.0. The fraction of sp³-hybridized carbons (Fsp3) is 0.259. The van der Waals surface area contributed by atoms with Gasteiger partial charge in [0.2, 0.25) is 5.91 Å². The molecule has 6 nitrogen and oxygen atoms in total. The van der Waals surface area contributed by atoms with Crippen molar-refractivity contribution in [2.45, 2.75) is 32.9 Å². The quantitative estimate of drug-likeness (QED) is 0.534. The Kier molecular flexibility index (Phi) is 5.38. The molecule has 168 valence electrons. The van der Waals surface area contributed by atoms with E-state index in [9.17, 15) is 9.59 Å². The van der Waals surface area contributed by atoms with Crippen molar-refractivity contribution in [3.63, 3.8) is 0 Å². The Hall–Kier alpha value is -3.64. The number of aryl methyl sites for hydroxylation is 2. The third-order valence-electron chi connectivity index (χ3n) is 6.28. The van der Waals surface area contributed by atoms with Crippen LogP contribution in [0.5, 0.6) is 5.75 Å². The molecule has 0 unspecified atom stereocenters. The standard InChI is InChI=1S/C27H26N2O4/c1-4-32-21-13-11-19(12-14-21)28-26(30)23-24(22-15-10-17(2)16-18(22)3)29(33-25(23)27(28)31)20-8-6-5-7-9-20/h5-16,23-25H,4H2,1-3H3/t23-,24+,25-/m0/s1. The first kappa shape index (κ1) is 21.2. The van der Waals surface area contributed by atoms with E-state index in [1.54, 1.807) is 29.3 Å². The van der Waals surface area contributed by atoms with Gasteiger partial charge < -0.3 is 4.74 Å². The number of fused-ring (bicyclic) bond motifs is 1. The maximum atomic E-state index is 13.7. The number of anilines is 2. The van der Waals surface area contributed by atoms with Gasteiger partial charge in [0.05, 0.1) is 24.0 Å². The van der Waals surface area contributed by atoms with E-state index in [4.69, 9.17) is 9.57 Å². The lowest BCUT2D eigenvalue weighted by Crippen LogP contribution is -2.37. The van der Waals surface area contributed by atoms with Gasteiger partial charge in [-0.1, -0.05) is 42.0 Å². The maximum absolute atomic E-state index is 13.7. The average Bonchev–Trinajstić information content (AvgIpc) is 3.31. The number of hydrogen-bond acceptors (Lipinski definition) is 5. The van der Waals surface area contributed by atoms with Crippen molar-refractivity contribution in [1.82, 2.24) is 0 Å². The SMILES string of the molecule is CCOc1ccc(N2C(=O)[C@@H]3[C@H](ON(c4ccccc4)[C@@H]3c3ccc(C)cc3C)C2=O)cc1. The average molecular weight is 443 g/mol. The van der Waals surface area contributed by atoms with Crippen LogP contribution in [-0.4, -0.2) is 24.5 Å². The molecule has 2 heterocycles. The van der Waals surface area contributed by atoms with Gasteiger partial charge in [0.1, 0.15) is 11.7 Å². The van der Waals surface area contributed by atoms with Crippen molar-refractivity contribution in [1.29, 1.82) is 0 Å². The zero-order valence-electron chi connectivity index (χ0n) is 18.9. The van der Waals surface area contributed by atoms with Crippen LogP contribution in [0.1, 0.15) is 29.7 Å². The maximum Gasteiger partial charge on any atom is 0.266 e. The summed E-state index contributed by atoms with van der Waals surface area (Å²) in [6, 6.07) is 22.4. The Labute approximate surface area is 193 Å². The van der Waals surface area contributed by atoms with Crippen molar-refractivity contribution in [2.24, 2.45) is 5.92 Å². The summed E-state index contributed by atoms with van der Waals surface area (Å²) < 4.78 is 5.49. The summed E-state index contributed by atoms with van der Waals surface area (Å²) in [6.45, 7) is 6.53. The van der Waals surface area contributed by atoms with Crippen LogP contribution in [-0.2, 0) is 14.4 Å². The highest BCUT2D eigenvalue weighted by atomic mass is 16.7. The van der Waals surface area contributed by atoms with Crippen molar-refractivity contribution >= 4 is 23.2 Å². The molecule has 3 aromatic carbocycles. The van der Waals surface area contributed by atoms with Gasteiger partial charge in [-0.3, -0.25) is 14.4 Å². The lowest BCUT2D eigenvalue weighted by Gasteiger charge is -2.29. The zero-order valence-corrected chi connectivity index (χ0v) is 18.9. The van der Waals surface area contributed by atoms with Crippen molar-refractivity contribution in [3.05, 3.63) is 89.5 Å². The molecule has 2 aliphatic heterocycles. The van der Waals surface area contributed by atoms with E-state index in [0.717, 1.165) is 22.4 Å². The van der Waals surface area contributed by atoms with E-state index in [1.165, 1.54) is 4.90 Å². The topological polar surface area (TPSA) is 59.1 Å². The molecule has 0 aromatic heterocycles. The summed E-state index contributed by atoms with van der Waals surface area (Å²) in [5.74, 6) is -0.550. The van der Waals surface area contributed by atoms with Crippen LogP contribution >= 0.6 is 0 Å². The van der Waals surface area contributed by atoms with Crippen molar-refractivity contribution in [2.75, 3.05) is 16.6 Å². The number of benzene rings is 3. The number of rotatable bonds is 5. The van der Waals surface area contributed by atoms with Crippen LogP contribution in [0.25, 0.3) is 0 Å². The highest BCUT2D eigenvalue weighted by molar-refractivity contribution is 6.24. The minimum absolute atomic E-state index is 0.252. The normalized spacial score (nSPS) is 22.1. The minimum atomic E-state index is -0.880. The van der Waals surface area contributed by atoms with Gasteiger partial charge in [0, 0.05) is 0 Å². The molecule has 6 heteroatoms. The van der Waals surface area contributed by atoms with E-state index < -0.39 is 18.1 Å². The lowest BCUT2D eigenvalue weighted by molar-refractivity contribution is -0.126. The van der Waals surface area contributed by atoms with E-state index in [2.05, 4.69) is 6.07 Å².